The average molecular weight is 840 g/mol. The molecule has 1 aromatic carbocycles. The van der Waals surface area contributed by atoms with Gasteiger partial charge in [0.2, 0.25) is 0 Å². The lowest BCUT2D eigenvalue weighted by Gasteiger charge is -2.48. The molecule has 4 unspecified atom stereocenters. The predicted octanol–water partition coefficient (Wildman–Crippen LogP) is 12.6. The van der Waals surface area contributed by atoms with Crippen LogP contribution in [0.2, 0.25) is 0 Å². The third-order valence-corrected chi connectivity index (χ3v) is 15.8. The van der Waals surface area contributed by atoms with Crippen molar-refractivity contribution in [3.05, 3.63) is 92.0 Å². The molecule has 1 aliphatic heterocycles. The van der Waals surface area contributed by atoms with Crippen molar-refractivity contribution >= 4 is 22.9 Å². The van der Waals surface area contributed by atoms with Crippen molar-refractivity contribution in [2.45, 2.75) is 168 Å². The first-order valence-corrected chi connectivity index (χ1v) is 24.5. The number of rotatable bonds is 19. The number of hydrogen-bond donors (Lipinski definition) is 5. The Morgan fingerprint density at radius 1 is 0.950 bits per heavy atom. The SMILES string of the molecule is C=C(NC(C(=C)N(CCC)CCC)C1CCCCC1)N[C@H](C(=C)N1C[C@]2(CCCCC2(C)C)CC1C(=C)N)C(C)(C)C.C=C(NSc1cccc2cc[nH]c12)C1CC1CC. The number of aromatic nitrogens is 1. The van der Waals surface area contributed by atoms with Gasteiger partial charge in [-0.2, -0.15) is 0 Å². The number of allylic oxidation sites excluding steroid dienone is 1. The van der Waals surface area contributed by atoms with Gasteiger partial charge in [-0.05, 0) is 104 Å². The molecule has 7 nitrogen and oxygen atoms in total. The summed E-state index contributed by atoms with van der Waals surface area (Å²) >= 11 is 1.66. The monoisotopic (exact) mass is 840 g/mol. The molecular weight excluding hydrogens is 755 g/mol. The highest BCUT2D eigenvalue weighted by Gasteiger charge is 2.55. The standard InChI is InChI=1S/C37H67N5.C15H18N2S/c1-12-23-41(24-13-2)28(4)33(31-19-15-14-16-20-31)39-30(6)40-34(35(7,8)9)29(5)42-26-37(25-32(42)27(3)38)22-18-17-21-36(37,10)11;1-3-11-9-13(11)10(2)17-18-14-6-4-5-12-7-8-16-15(12)14/h31-34,39-40H,3-6,12-26,38H2,1-2,7-11H3;4-8,11,13,16-17H,2-3,9H2,1H3/t32?,33?,34-,37+;/m1./s1. The molecule has 0 radical (unpaired) electrons. The summed E-state index contributed by atoms with van der Waals surface area (Å²) in [5.41, 5.74) is 12.4. The average Bonchev–Trinajstić information content (AvgIpc) is 3.65. The molecule has 2 aromatic rings. The number of nitrogens with zero attached hydrogens (tertiary/aromatic N) is 2. The van der Waals surface area contributed by atoms with E-state index in [0.717, 1.165) is 62.0 Å². The first kappa shape index (κ1) is 47.7. The maximum Gasteiger partial charge on any atom is 0.0923 e. The van der Waals surface area contributed by atoms with Crippen LogP contribution in [-0.4, -0.2) is 52.5 Å². The lowest BCUT2D eigenvalue weighted by Crippen LogP contribution is -2.52. The largest absolute Gasteiger partial charge is 0.401 e. The second-order valence-electron chi connectivity index (χ2n) is 20.6. The number of hydrogen-bond acceptors (Lipinski definition) is 7. The summed E-state index contributed by atoms with van der Waals surface area (Å²) < 4.78 is 3.41. The van der Waals surface area contributed by atoms with Crippen LogP contribution in [0, 0.1) is 34.0 Å². The van der Waals surface area contributed by atoms with Crippen LogP contribution in [0.25, 0.3) is 10.9 Å². The van der Waals surface area contributed by atoms with E-state index >= 15 is 0 Å². The van der Waals surface area contributed by atoms with Gasteiger partial charge in [-0.25, -0.2) is 0 Å². The van der Waals surface area contributed by atoms with Crippen LogP contribution < -0.4 is 21.1 Å². The summed E-state index contributed by atoms with van der Waals surface area (Å²) in [7, 11) is 0. The van der Waals surface area contributed by atoms with E-state index < -0.39 is 0 Å². The van der Waals surface area contributed by atoms with E-state index in [0.29, 0.717) is 11.8 Å². The molecule has 4 aliphatic rings. The van der Waals surface area contributed by atoms with Crippen LogP contribution in [0.3, 0.4) is 0 Å². The molecule has 6 N–H and O–H groups in total. The quantitative estimate of drug-likeness (QED) is 0.0901. The molecule has 3 aliphatic carbocycles. The van der Waals surface area contributed by atoms with Crippen molar-refractivity contribution in [1.29, 1.82) is 0 Å². The fraction of sp³-hybridized carbons (Fsp3) is 0.654. The number of benzene rings is 1. The first-order valence-electron chi connectivity index (χ1n) is 23.7. The molecule has 3 saturated carbocycles. The van der Waals surface area contributed by atoms with Crippen LogP contribution in [0.5, 0.6) is 0 Å². The molecule has 6 atom stereocenters. The highest BCUT2D eigenvalue weighted by Crippen LogP contribution is 2.58. The lowest BCUT2D eigenvalue weighted by atomic mass is 9.57. The van der Waals surface area contributed by atoms with Gasteiger partial charge in [0.25, 0.3) is 0 Å². The van der Waals surface area contributed by atoms with Gasteiger partial charge in [-0.1, -0.05) is 139 Å². The maximum absolute atomic E-state index is 6.53. The van der Waals surface area contributed by atoms with Crippen LogP contribution in [0.4, 0.5) is 0 Å². The van der Waals surface area contributed by atoms with Crippen molar-refractivity contribution in [2.24, 2.45) is 39.7 Å². The zero-order valence-corrected chi connectivity index (χ0v) is 40.1. The summed E-state index contributed by atoms with van der Waals surface area (Å²) in [4.78, 5) is 9.53. The number of likely N-dealkylation sites (tertiary alicyclic amines) is 1. The topological polar surface area (TPSA) is 84.4 Å². The second-order valence-corrected chi connectivity index (χ2v) is 21.5. The van der Waals surface area contributed by atoms with E-state index in [4.69, 9.17) is 12.3 Å². The van der Waals surface area contributed by atoms with E-state index in [1.165, 1.54) is 97.8 Å². The number of para-hydroxylation sites is 1. The van der Waals surface area contributed by atoms with Gasteiger partial charge in [-0.15, -0.1) is 0 Å². The molecule has 6 rings (SSSR count). The van der Waals surface area contributed by atoms with E-state index in [-0.39, 0.29) is 34.4 Å². The van der Waals surface area contributed by atoms with Crippen LogP contribution >= 0.6 is 11.9 Å². The summed E-state index contributed by atoms with van der Waals surface area (Å²) in [5, 5.41) is 9.00. The second kappa shape index (κ2) is 20.7. The highest BCUT2D eigenvalue weighted by molar-refractivity contribution is 7.97. The summed E-state index contributed by atoms with van der Waals surface area (Å²) in [5.74, 6) is 2.99. The van der Waals surface area contributed by atoms with Crippen LogP contribution in [0.15, 0.2) is 96.9 Å². The summed E-state index contributed by atoms with van der Waals surface area (Å²) in [6, 6.07) is 8.76. The molecule has 60 heavy (non-hydrogen) atoms. The van der Waals surface area contributed by atoms with Gasteiger partial charge in [0.15, 0.2) is 0 Å². The van der Waals surface area contributed by atoms with Crippen molar-refractivity contribution < 1.29 is 0 Å². The van der Waals surface area contributed by atoms with Crippen molar-refractivity contribution in [2.75, 3.05) is 19.6 Å². The summed E-state index contributed by atoms with van der Waals surface area (Å²) in [6.07, 6.45) is 19.5. The number of aromatic amines is 1. The normalized spacial score (nSPS) is 24.8. The fourth-order valence-corrected chi connectivity index (χ4v) is 11.6. The Labute approximate surface area is 371 Å². The van der Waals surface area contributed by atoms with Gasteiger partial charge < -0.3 is 35.9 Å². The van der Waals surface area contributed by atoms with E-state index in [9.17, 15) is 0 Å². The zero-order chi connectivity index (χ0) is 43.8. The smallest absolute Gasteiger partial charge is 0.0923 e. The molecule has 4 fully saturated rings. The van der Waals surface area contributed by atoms with Crippen LogP contribution in [-0.2, 0) is 0 Å². The molecule has 0 amide bonds. The molecular formula is C52H85N7S. The van der Waals surface area contributed by atoms with Gasteiger partial charge in [0, 0.05) is 59.9 Å². The Balaban J connectivity index is 0.000000312. The number of fused-ring (bicyclic) bond motifs is 1. The minimum Gasteiger partial charge on any atom is -0.401 e. The molecule has 2 heterocycles. The molecule has 1 aromatic heterocycles. The third-order valence-electron chi connectivity index (χ3n) is 14.8. The van der Waals surface area contributed by atoms with E-state index in [2.05, 4.69) is 136 Å². The third kappa shape index (κ3) is 11.3. The Hall–Kier alpha value is -3.39. The van der Waals surface area contributed by atoms with Gasteiger partial charge in [0.1, 0.15) is 0 Å². The number of nitrogens with two attached hydrogens (primary N) is 1. The molecule has 1 spiro atoms. The Kier molecular flexibility index (Phi) is 16.4. The molecule has 334 valence electrons. The van der Waals surface area contributed by atoms with Gasteiger partial charge in [0.05, 0.1) is 34.4 Å². The first-order chi connectivity index (χ1) is 28.5. The van der Waals surface area contributed by atoms with Crippen molar-refractivity contribution in [1.82, 2.24) is 30.1 Å². The summed E-state index contributed by atoms with van der Waals surface area (Å²) in [6.45, 7) is 44.2. The number of H-pyrrole nitrogens is 1. The minimum atomic E-state index is -0.0756. The van der Waals surface area contributed by atoms with E-state index in [1.54, 1.807) is 11.9 Å². The fourth-order valence-electron chi connectivity index (χ4n) is 10.8. The van der Waals surface area contributed by atoms with Crippen molar-refractivity contribution in [3.63, 3.8) is 0 Å². The predicted molar refractivity (Wildman–Crippen MR) is 261 cm³/mol. The minimum absolute atomic E-state index is 0.00357. The zero-order valence-electron chi connectivity index (χ0n) is 39.3. The van der Waals surface area contributed by atoms with Gasteiger partial charge in [-0.3, -0.25) is 0 Å². The lowest BCUT2D eigenvalue weighted by molar-refractivity contribution is 0.0255. The Bertz CT molecular complexity index is 1770. The number of nitrogens with one attached hydrogen (secondary N) is 4. The highest BCUT2D eigenvalue weighted by atomic mass is 32.2. The maximum atomic E-state index is 6.53. The Morgan fingerprint density at radius 2 is 1.63 bits per heavy atom. The van der Waals surface area contributed by atoms with E-state index in [1.807, 2.05) is 6.20 Å². The Morgan fingerprint density at radius 3 is 2.23 bits per heavy atom. The molecule has 8 heteroatoms. The molecule has 1 saturated heterocycles. The molecule has 0 bridgehead atoms. The van der Waals surface area contributed by atoms with Crippen molar-refractivity contribution in [3.8, 4) is 0 Å². The van der Waals surface area contributed by atoms with Crippen LogP contribution in [0.1, 0.15) is 145 Å². The van der Waals surface area contributed by atoms with Gasteiger partial charge >= 0.3 is 0 Å².